The third-order valence-corrected chi connectivity index (χ3v) is 6.18. The zero-order chi connectivity index (χ0) is 24.1. The van der Waals surface area contributed by atoms with Crippen LogP contribution in [0.1, 0.15) is 58.8 Å². The Morgan fingerprint density at radius 2 is 1.82 bits per heavy atom. The third kappa shape index (κ3) is 4.95. The minimum Gasteiger partial charge on any atom is -0.462 e. The van der Waals surface area contributed by atoms with Crippen molar-refractivity contribution in [3.8, 4) is 0 Å². The number of anilines is 1. The lowest BCUT2D eigenvalue weighted by Crippen LogP contribution is -2.33. The van der Waals surface area contributed by atoms with Crippen LogP contribution in [0, 0.1) is 6.92 Å². The summed E-state index contributed by atoms with van der Waals surface area (Å²) in [4.78, 5) is 55.5. The van der Waals surface area contributed by atoms with Crippen molar-refractivity contribution in [2.24, 2.45) is 0 Å². The van der Waals surface area contributed by atoms with Crippen molar-refractivity contribution in [3.63, 3.8) is 0 Å². The second-order valence-electron chi connectivity index (χ2n) is 7.13. The number of aryl methyl sites for hydroxylation is 1. The summed E-state index contributed by atoms with van der Waals surface area (Å²) in [5, 5.41) is 3.05. The van der Waals surface area contributed by atoms with Gasteiger partial charge in [-0.05, 0) is 51.0 Å². The Kier molecular flexibility index (Phi) is 7.59. The largest absolute Gasteiger partial charge is 0.462 e. The highest BCUT2D eigenvalue weighted by atomic mass is 32.1. The number of rotatable bonds is 8. The number of amides is 1. The van der Waals surface area contributed by atoms with Crippen molar-refractivity contribution in [1.29, 1.82) is 0 Å². The Morgan fingerprint density at radius 1 is 1.12 bits per heavy atom. The highest BCUT2D eigenvalue weighted by Crippen LogP contribution is 2.28. The van der Waals surface area contributed by atoms with Crippen molar-refractivity contribution in [2.75, 3.05) is 18.5 Å². The molecule has 0 saturated heterocycles. The van der Waals surface area contributed by atoms with Gasteiger partial charge in [0.1, 0.15) is 15.7 Å². The molecule has 0 spiro atoms. The van der Waals surface area contributed by atoms with Crippen LogP contribution in [-0.4, -0.2) is 40.6 Å². The van der Waals surface area contributed by atoms with Gasteiger partial charge in [-0.15, -0.1) is 11.3 Å². The maximum atomic E-state index is 13.3. The molecule has 1 atom stereocenters. The lowest BCUT2D eigenvalue weighted by atomic mass is 10.1. The molecule has 1 N–H and O–H groups in total. The summed E-state index contributed by atoms with van der Waals surface area (Å²) in [6.07, 6.45) is 1.64. The fourth-order valence-corrected chi connectivity index (χ4v) is 4.46. The van der Waals surface area contributed by atoms with Crippen LogP contribution in [0.15, 0.2) is 35.4 Å². The first kappa shape index (κ1) is 24.1. The Morgan fingerprint density at radius 3 is 2.48 bits per heavy atom. The second-order valence-corrected chi connectivity index (χ2v) is 8.13. The average Bonchev–Trinajstić information content (AvgIpc) is 3.13. The van der Waals surface area contributed by atoms with Gasteiger partial charge in [0.25, 0.3) is 5.56 Å². The SMILES string of the molecule is CCOC(=O)c1cccc(NC(=O)C(CC)n2cnc3sc(C(=O)OCC)c(C)c3c2=O)c1. The highest BCUT2D eigenvalue weighted by molar-refractivity contribution is 7.20. The van der Waals surface area contributed by atoms with Gasteiger partial charge in [-0.2, -0.15) is 0 Å². The number of carbonyl (C=O) groups is 3. The molecule has 0 radical (unpaired) electrons. The quantitative estimate of drug-likeness (QED) is 0.498. The van der Waals surface area contributed by atoms with Crippen molar-refractivity contribution >= 4 is 45.1 Å². The fraction of sp³-hybridized carbons (Fsp3) is 0.348. The number of hydrogen-bond donors (Lipinski definition) is 1. The van der Waals surface area contributed by atoms with Crippen LogP contribution in [0.3, 0.4) is 0 Å². The van der Waals surface area contributed by atoms with Crippen LogP contribution in [-0.2, 0) is 14.3 Å². The molecule has 2 heterocycles. The van der Waals surface area contributed by atoms with Crippen LogP contribution in [0.5, 0.6) is 0 Å². The Bertz CT molecular complexity index is 1260. The standard InChI is InChI=1S/C23H25N3O6S/c1-5-16(19(27)25-15-10-8-9-14(11-15)22(29)31-6-2)26-12-24-20-17(21(26)28)13(4)18(33-20)23(30)32-7-3/h8-12,16H,5-7H2,1-4H3,(H,25,27). The molecule has 3 rings (SSSR count). The number of nitrogens with zero attached hydrogens (tertiary/aromatic N) is 2. The minimum atomic E-state index is -0.842. The van der Waals surface area contributed by atoms with E-state index in [2.05, 4.69) is 10.3 Å². The summed E-state index contributed by atoms with van der Waals surface area (Å²) < 4.78 is 11.3. The average molecular weight is 472 g/mol. The normalized spacial score (nSPS) is 11.8. The molecule has 0 aliphatic heterocycles. The number of benzene rings is 1. The summed E-state index contributed by atoms with van der Waals surface area (Å²) in [6, 6.07) is 5.54. The van der Waals surface area contributed by atoms with E-state index in [1.54, 1.807) is 45.9 Å². The van der Waals surface area contributed by atoms with E-state index < -0.39 is 29.4 Å². The molecule has 0 bridgehead atoms. The first-order valence-electron chi connectivity index (χ1n) is 10.6. The van der Waals surface area contributed by atoms with E-state index in [0.29, 0.717) is 38.3 Å². The third-order valence-electron chi connectivity index (χ3n) is 5.00. The van der Waals surface area contributed by atoms with Gasteiger partial charge in [0.05, 0.1) is 30.5 Å². The molecule has 2 aromatic heterocycles. The summed E-state index contributed by atoms with van der Waals surface area (Å²) in [7, 11) is 0. The molecule has 0 aliphatic carbocycles. The van der Waals surface area contributed by atoms with Gasteiger partial charge < -0.3 is 14.8 Å². The molecule has 33 heavy (non-hydrogen) atoms. The van der Waals surface area contributed by atoms with Crippen LogP contribution in [0.4, 0.5) is 5.69 Å². The molecule has 174 valence electrons. The number of hydrogen-bond acceptors (Lipinski definition) is 8. The van der Waals surface area contributed by atoms with E-state index in [1.807, 2.05) is 0 Å². The fourth-order valence-electron chi connectivity index (χ4n) is 3.42. The van der Waals surface area contributed by atoms with Gasteiger partial charge in [-0.3, -0.25) is 14.2 Å². The first-order chi connectivity index (χ1) is 15.8. The van der Waals surface area contributed by atoms with Gasteiger partial charge in [-0.1, -0.05) is 13.0 Å². The molecule has 1 amide bonds. The van der Waals surface area contributed by atoms with E-state index in [9.17, 15) is 19.2 Å². The van der Waals surface area contributed by atoms with Gasteiger partial charge in [0, 0.05) is 5.69 Å². The van der Waals surface area contributed by atoms with Crippen molar-refractivity contribution in [3.05, 3.63) is 57.0 Å². The first-order valence-corrected chi connectivity index (χ1v) is 11.4. The summed E-state index contributed by atoms with van der Waals surface area (Å²) in [6.45, 7) is 7.33. The van der Waals surface area contributed by atoms with Crippen molar-refractivity contribution in [2.45, 2.75) is 40.2 Å². The van der Waals surface area contributed by atoms with E-state index in [-0.39, 0.29) is 13.2 Å². The zero-order valence-electron chi connectivity index (χ0n) is 18.8. The van der Waals surface area contributed by atoms with E-state index in [1.165, 1.54) is 17.0 Å². The zero-order valence-corrected chi connectivity index (χ0v) is 19.7. The number of thiophene rings is 1. The van der Waals surface area contributed by atoms with Crippen molar-refractivity contribution < 1.29 is 23.9 Å². The summed E-state index contributed by atoms with van der Waals surface area (Å²) in [5.74, 6) is -1.42. The highest BCUT2D eigenvalue weighted by Gasteiger charge is 2.25. The van der Waals surface area contributed by atoms with Crippen LogP contribution < -0.4 is 10.9 Å². The molecule has 1 unspecified atom stereocenters. The molecular formula is C23H25N3O6S. The van der Waals surface area contributed by atoms with Crippen molar-refractivity contribution in [1.82, 2.24) is 9.55 Å². The lowest BCUT2D eigenvalue weighted by Gasteiger charge is -2.18. The molecule has 1 aromatic carbocycles. The van der Waals surface area contributed by atoms with E-state index >= 15 is 0 Å². The van der Waals surface area contributed by atoms with Gasteiger partial charge in [0.15, 0.2) is 0 Å². The van der Waals surface area contributed by atoms with Gasteiger partial charge in [-0.25, -0.2) is 14.6 Å². The number of ether oxygens (including phenoxy) is 2. The number of carbonyl (C=O) groups excluding carboxylic acids is 3. The molecule has 0 fully saturated rings. The van der Waals surface area contributed by atoms with Crippen LogP contribution in [0.2, 0.25) is 0 Å². The maximum absolute atomic E-state index is 13.3. The Labute approximate surface area is 194 Å². The topological polar surface area (TPSA) is 117 Å². The monoisotopic (exact) mass is 471 g/mol. The van der Waals surface area contributed by atoms with Crippen LogP contribution in [0.25, 0.3) is 10.2 Å². The minimum absolute atomic E-state index is 0.222. The van der Waals surface area contributed by atoms with Gasteiger partial charge >= 0.3 is 11.9 Å². The number of nitrogens with one attached hydrogen (secondary N) is 1. The predicted molar refractivity (Wildman–Crippen MR) is 125 cm³/mol. The van der Waals surface area contributed by atoms with E-state index in [0.717, 1.165) is 11.3 Å². The Hall–Kier alpha value is -3.53. The van der Waals surface area contributed by atoms with E-state index in [4.69, 9.17) is 9.47 Å². The number of fused-ring (bicyclic) bond motifs is 1. The molecule has 0 saturated carbocycles. The molecular weight excluding hydrogens is 446 g/mol. The number of esters is 2. The predicted octanol–water partition coefficient (Wildman–Crippen LogP) is 3.71. The molecule has 9 nitrogen and oxygen atoms in total. The molecule has 3 aromatic rings. The molecule has 10 heteroatoms. The molecule has 0 aliphatic rings. The summed E-state index contributed by atoms with van der Waals surface area (Å²) >= 11 is 1.09. The van der Waals surface area contributed by atoms with Gasteiger partial charge in [0.2, 0.25) is 5.91 Å². The smallest absolute Gasteiger partial charge is 0.348 e. The second kappa shape index (κ2) is 10.4. The van der Waals surface area contributed by atoms with Crippen LogP contribution >= 0.6 is 11.3 Å². The maximum Gasteiger partial charge on any atom is 0.348 e. The number of aromatic nitrogens is 2. The Balaban J connectivity index is 1.93. The summed E-state index contributed by atoms with van der Waals surface area (Å²) in [5.41, 5.74) is 0.787. The lowest BCUT2D eigenvalue weighted by molar-refractivity contribution is -0.119.